The van der Waals surface area contributed by atoms with E-state index < -0.39 is 0 Å². The normalized spacial score (nSPS) is 14.5. The fourth-order valence-corrected chi connectivity index (χ4v) is 3.58. The summed E-state index contributed by atoms with van der Waals surface area (Å²) in [5, 5.41) is 1.19. The van der Waals surface area contributed by atoms with Gasteiger partial charge in [0, 0.05) is 25.4 Å². The molecule has 0 aliphatic carbocycles. The SMILES string of the molecule is Cc1ccccc1CN(Cc1ccccc1)C1=NCCCS1. The van der Waals surface area contributed by atoms with Crippen molar-refractivity contribution in [2.24, 2.45) is 4.99 Å². The van der Waals surface area contributed by atoms with Crippen LogP contribution < -0.4 is 0 Å². The fourth-order valence-electron chi connectivity index (χ4n) is 2.63. The van der Waals surface area contributed by atoms with Gasteiger partial charge in [-0.05, 0) is 30.0 Å². The largest absolute Gasteiger partial charge is 0.343 e. The third-order valence-electron chi connectivity index (χ3n) is 3.89. The lowest BCUT2D eigenvalue weighted by Gasteiger charge is -2.28. The fraction of sp³-hybridized carbons (Fsp3) is 0.316. The summed E-state index contributed by atoms with van der Waals surface area (Å²) < 4.78 is 0. The molecule has 0 amide bonds. The molecule has 22 heavy (non-hydrogen) atoms. The van der Waals surface area contributed by atoms with Gasteiger partial charge in [0.2, 0.25) is 0 Å². The second kappa shape index (κ2) is 7.50. The van der Waals surface area contributed by atoms with Crippen LogP contribution in [0.2, 0.25) is 0 Å². The molecule has 0 N–H and O–H groups in total. The second-order valence-corrected chi connectivity index (χ2v) is 6.70. The Kier molecular flexibility index (Phi) is 5.17. The molecule has 3 heteroatoms. The minimum atomic E-state index is 0.918. The van der Waals surface area contributed by atoms with Crippen molar-refractivity contribution in [1.29, 1.82) is 0 Å². The zero-order valence-corrected chi connectivity index (χ0v) is 13.9. The highest BCUT2D eigenvalue weighted by Gasteiger charge is 2.16. The van der Waals surface area contributed by atoms with Gasteiger partial charge in [0.15, 0.2) is 5.17 Å². The molecule has 2 aromatic rings. The van der Waals surface area contributed by atoms with Crippen molar-refractivity contribution in [3.63, 3.8) is 0 Å². The summed E-state index contributed by atoms with van der Waals surface area (Å²) in [6, 6.07) is 19.3. The number of thioether (sulfide) groups is 1. The first-order chi connectivity index (χ1) is 10.8. The third-order valence-corrected chi connectivity index (χ3v) is 5.03. The van der Waals surface area contributed by atoms with Crippen LogP contribution >= 0.6 is 11.8 Å². The van der Waals surface area contributed by atoms with Crippen LogP contribution in [-0.4, -0.2) is 22.4 Å². The van der Waals surface area contributed by atoms with E-state index in [2.05, 4.69) is 66.4 Å². The first-order valence-electron chi connectivity index (χ1n) is 7.83. The van der Waals surface area contributed by atoms with Crippen LogP contribution in [0, 0.1) is 6.92 Å². The van der Waals surface area contributed by atoms with Crippen molar-refractivity contribution in [1.82, 2.24) is 4.90 Å². The van der Waals surface area contributed by atoms with Gasteiger partial charge in [0.1, 0.15) is 0 Å². The Balaban J connectivity index is 1.82. The molecule has 2 nitrogen and oxygen atoms in total. The monoisotopic (exact) mass is 310 g/mol. The van der Waals surface area contributed by atoms with Crippen molar-refractivity contribution in [2.75, 3.05) is 12.3 Å². The van der Waals surface area contributed by atoms with Gasteiger partial charge in [-0.15, -0.1) is 0 Å². The summed E-state index contributed by atoms with van der Waals surface area (Å²) >= 11 is 1.89. The van der Waals surface area contributed by atoms with Gasteiger partial charge in [0.25, 0.3) is 0 Å². The van der Waals surface area contributed by atoms with Crippen LogP contribution in [0.1, 0.15) is 23.1 Å². The molecule has 0 atom stereocenters. The molecule has 0 unspecified atom stereocenters. The molecule has 114 valence electrons. The standard InChI is InChI=1S/C19H22N2S/c1-16-8-5-6-11-18(16)15-21(19-20-12-7-13-22-19)14-17-9-3-2-4-10-17/h2-6,8-11H,7,12-15H2,1H3. The Bertz CT molecular complexity index is 637. The smallest absolute Gasteiger partial charge is 0.159 e. The molecule has 0 aromatic heterocycles. The number of hydrogen-bond donors (Lipinski definition) is 0. The van der Waals surface area contributed by atoms with E-state index in [0.717, 1.165) is 19.6 Å². The number of benzene rings is 2. The van der Waals surface area contributed by atoms with E-state index in [4.69, 9.17) is 4.99 Å². The van der Waals surface area contributed by atoms with Crippen LogP contribution in [0.4, 0.5) is 0 Å². The van der Waals surface area contributed by atoms with Crippen LogP contribution in [0.5, 0.6) is 0 Å². The van der Waals surface area contributed by atoms with Gasteiger partial charge < -0.3 is 4.90 Å². The molecule has 0 spiro atoms. The number of nitrogens with zero attached hydrogens (tertiary/aromatic N) is 2. The van der Waals surface area contributed by atoms with Gasteiger partial charge in [-0.25, -0.2) is 0 Å². The number of amidine groups is 1. The van der Waals surface area contributed by atoms with Crippen molar-refractivity contribution in [3.05, 3.63) is 71.3 Å². The average molecular weight is 310 g/mol. The summed E-state index contributed by atoms with van der Waals surface area (Å²) in [4.78, 5) is 7.18. The average Bonchev–Trinajstić information content (AvgIpc) is 2.58. The summed E-state index contributed by atoms with van der Waals surface area (Å²) in [5.41, 5.74) is 4.07. The lowest BCUT2D eigenvalue weighted by Crippen LogP contribution is -2.30. The molecule has 1 heterocycles. The molecule has 0 bridgehead atoms. The van der Waals surface area contributed by atoms with E-state index in [1.807, 2.05) is 11.8 Å². The maximum absolute atomic E-state index is 4.76. The van der Waals surface area contributed by atoms with E-state index in [-0.39, 0.29) is 0 Å². The van der Waals surface area contributed by atoms with Crippen molar-refractivity contribution >= 4 is 16.9 Å². The first kappa shape index (κ1) is 15.2. The molecule has 3 rings (SSSR count). The summed E-state index contributed by atoms with van der Waals surface area (Å²) in [7, 11) is 0. The Labute approximate surface area is 137 Å². The van der Waals surface area contributed by atoms with E-state index in [9.17, 15) is 0 Å². The van der Waals surface area contributed by atoms with Crippen molar-refractivity contribution in [2.45, 2.75) is 26.4 Å². The van der Waals surface area contributed by atoms with E-state index in [0.29, 0.717) is 0 Å². The van der Waals surface area contributed by atoms with E-state index >= 15 is 0 Å². The molecule has 0 saturated heterocycles. The Morgan fingerprint density at radius 2 is 1.77 bits per heavy atom. The predicted molar refractivity (Wildman–Crippen MR) is 96.2 cm³/mol. The van der Waals surface area contributed by atoms with E-state index in [1.165, 1.54) is 34.0 Å². The van der Waals surface area contributed by atoms with Gasteiger partial charge >= 0.3 is 0 Å². The highest BCUT2D eigenvalue weighted by molar-refractivity contribution is 8.13. The maximum atomic E-state index is 4.76. The Morgan fingerprint density at radius 1 is 1.00 bits per heavy atom. The van der Waals surface area contributed by atoms with Crippen LogP contribution in [0.25, 0.3) is 0 Å². The van der Waals surface area contributed by atoms with E-state index in [1.54, 1.807) is 0 Å². The zero-order valence-electron chi connectivity index (χ0n) is 13.0. The second-order valence-electron chi connectivity index (χ2n) is 5.63. The molecule has 0 fully saturated rings. The molecule has 1 aliphatic heterocycles. The third kappa shape index (κ3) is 3.92. The highest BCUT2D eigenvalue weighted by Crippen LogP contribution is 2.21. The Hall–Kier alpha value is -1.74. The quantitative estimate of drug-likeness (QED) is 0.827. The molecule has 0 saturated carbocycles. The summed E-state index contributed by atoms with van der Waals surface area (Å²) in [5.74, 6) is 1.18. The molecule has 2 aromatic carbocycles. The first-order valence-corrected chi connectivity index (χ1v) is 8.82. The number of rotatable bonds is 4. The summed E-state index contributed by atoms with van der Waals surface area (Å²) in [6.45, 7) is 4.99. The lowest BCUT2D eigenvalue weighted by molar-refractivity contribution is 0.411. The molecule has 1 aliphatic rings. The molecular formula is C19H22N2S. The van der Waals surface area contributed by atoms with Gasteiger partial charge in [-0.3, -0.25) is 4.99 Å². The van der Waals surface area contributed by atoms with Gasteiger partial charge in [-0.1, -0.05) is 66.4 Å². The zero-order chi connectivity index (χ0) is 15.2. The maximum Gasteiger partial charge on any atom is 0.159 e. The molecule has 0 radical (unpaired) electrons. The topological polar surface area (TPSA) is 15.6 Å². The van der Waals surface area contributed by atoms with Crippen molar-refractivity contribution in [3.8, 4) is 0 Å². The number of hydrogen-bond acceptors (Lipinski definition) is 3. The van der Waals surface area contributed by atoms with Crippen LogP contribution in [0.3, 0.4) is 0 Å². The lowest BCUT2D eigenvalue weighted by atomic mass is 10.1. The van der Waals surface area contributed by atoms with Crippen LogP contribution in [-0.2, 0) is 13.1 Å². The minimum absolute atomic E-state index is 0.918. The van der Waals surface area contributed by atoms with Crippen LogP contribution in [0.15, 0.2) is 59.6 Å². The highest BCUT2D eigenvalue weighted by atomic mass is 32.2. The summed E-state index contributed by atoms with van der Waals surface area (Å²) in [6.07, 6.45) is 1.19. The predicted octanol–water partition coefficient (Wildman–Crippen LogP) is 4.49. The number of aryl methyl sites for hydroxylation is 1. The number of aliphatic imine (C=N–C) groups is 1. The Morgan fingerprint density at radius 3 is 2.50 bits per heavy atom. The van der Waals surface area contributed by atoms with Crippen molar-refractivity contribution < 1.29 is 0 Å². The van der Waals surface area contributed by atoms with Gasteiger partial charge in [0.05, 0.1) is 0 Å². The minimum Gasteiger partial charge on any atom is -0.343 e. The molecular weight excluding hydrogens is 288 g/mol. The van der Waals surface area contributed by atoms with Gasteiger partial charge in [-0.2, -0.15) is 0 Å².